The van der Waals surface area contributed by atoms with Gasteiger partial charge in [-0.15, -0.1) is 0 Å². The maximum absolute atomic E-state index is 12.3. The molecule has 292 valence electrons. The van der Waals surface area contributed by atoms with Gasteiger partial charge in [0.2, 0.25) is 0 Å². The minimum atomic E-state index is -0.0357. The molecule has 3 nitrogen and oxygen atoms in total. The second-order valence-electron chi connectivity index (χ2n) is 15.4. The third-order valence-corrected chi connectivity index (χ3v) is 10.1. The average molecular weight is 698 g/mol. The van der Waals surface area contributed by atoms with Gasteiger partial charge in [-0.05, 0) is 103 Å². The summed E-state index contributed by atoms with van der Waals surface area (Å²) >= 11 is 0. The van der Waals surface area contributed by atoms with Gasteiger partial charge in [0, 0.05) is 6.42 Å². The molecule has 1 atom stereocenters. The van der Waals surface area contributed by atoms with Gasteiger partial charge in [0.05, 0.1) is 6.61 Å². The minimum Gasteiger partial charge on any atom is -0.466 e. The molecule has 0 saturated heterocycles. The number of ether oxygens (including phenoxy) is 1. The molecule has 0 aliphatic carbocycles. The Morgan fingerprint density at radius 2 is 0.960 bits per heavy atom. The number of allylic oxidation sites excluding steroid dienone is 8. The summed E-state index contributed by atoms with van der Waals surface area (Å²) in [5.74, 6) is 1.49. The highest BCUT2D eigenvalue weighted by Crippen LogP contribution is 2.22. The van der Waals surface area contributed by atoms with Gasteiger partial charge in [-0.1, -0.05) is 179 Å². The molecule has 0 aromatic heterocycles. The van der Waals surface area contributed by atoms with Crippen LogP contribution < -0.4 is 0 Å². The van der Waals surface area contributed by atoms with Crippen LogP contribution in [0.4, 0.5) is 0 Å². The molecule has 0 N–H and O–H groups in total. The summed E-state index contributed by atoms with van der Waals surface area (Å²) in [7, 11) is 4.37. The Morgan fingerprint density at radius 3 is 1.56 bits per heavy atom. The summed E-state index contributed by atoms with van der Waals surface area (Å²) in [6.45, 7) is 8.59. The third-order valence-electron chi connectivity index (χ3n) is 10.1. The molecule has 0 amide bonds. The van der Waals surface area contributed by atoms with Crippen LogP contribution in [0.1, 0.15) is 207 Å². The second kappa shape index (κ2) is 40.2. The largest absolute Gasteiger partial charge is 0.466 e. The SMILES string of the molecule is CCCCC/C=C\C/C=C\CCCCCCCCCC(C/C=C/C/C=C/CCC(=O)OCCC(CCCCC)CCCCC)CCCN(C)C. The van der Waals surface area contributed by atoms with Crippen LogP contribution in [-0.4, -0.2) is 38.1 Å². The van der Waals surface area contributed by atoms with Crippen LogP contribution in [0.2, 0.25) is 0 Å². The summed E-state index contributed by atoms with van der Waals surface area (Å²) in [4.78, 5) is 14.6. The molecule has 0 radical (unpaired) electrons. The first-order chi connectivity index (χ1) is 24.5. The smallest absolute Gasteiger partial charge is 0.306 e. The Kier molecular flexibility index (Phi) is 38.9. The quantitative estimate of drug-likeness (QED) is 0.0365. The van der Waals surface area contributed by atoms with E-state index in [0.29, 0.717) is 13.0 Å². The van der Waals surface area contributed by atoms with Gasteiger partial charge < -0.3 is 9.64 Å². The van der Waals surface area contributed by atoms with E-state index < -0.39 is 0 Å². The van der Waals surface area contributed by atoms with Crippen molar-refractivity contribution in [3.8, 4) is 0 Å². The number of nitrogens with zero attached hydrogens (tertiary/aromatic N) is 1. The molecular formula is C47H87NO2. The summed E-state index contributed by atoms with van der Waals surface area (Å²) < 4.78 is 5.61. The van der Waals surface area contributed by atoms with Gasteiger partial charge >= 0.3 is 5.97 Å². The highest BCUT2D eigenvalue weighted by molar-refractivity contribution is 5.69. The van der Waals surface area contributed by atoms with E-state index in [0.717, 1.165) is 37.5 Å². The molecule has 0 saturated carbocycles. The molecule has 0 aromatic rings. The lowest BCUT2D eigenvalue weighted by Crippen LogP contribution is -2.14. The first kappa shape index (κ1) is 48.4. The van der Waals surface area contributed by atoms with Crippen molar-refractivity contribution in [1.82, 2.24) is 4.90 Å². The normalized spacial score (nSPS) is 13.0. The van der Waals surface area contributed by atoms with E-state index in [1.54, 1.807) is 0 Å². The fourth-order valence-corrected chi connectivity index (χ4v) is 6.76. The average Bonchev–Trinajstić information content (AvgIpc) is 3.10. The van der Waals surface area contributed by atoms with Crippen molar-refractivity contribution in [2.45, 2.75) is 207 Å². The zero-order valence-electron chi connectivity index (χ0n) is 34.5. The van der Waals surface area contributed by atoms with Crippen LogP contribution >= 0.6 is 0 Å². The lowest BCUT2D eigenvalue weighted by atomic mass is 9.92. The molecule has 50 heavy (non-hydrogen) atoms. The molecule has 0 heterocycles. The molecule has 1 unspecified atom stereocenters. The van der Waals surface area contributed by atoms with Crippen LogP contribution in [-0.2, 0) is 9.53 Å². The van der Waals surface area contributed by atoms with E-state index in [4.69, 9.17) is 4.74 Å². The lowest BCUT2D eigenvalue weighted by Gasteiger charge is -2.17. The van der Waals surface area contributed by atoms with E-state index in [9.17, 15) is 4.79 Å². The minimum absolute atomic E-state index is 0.0357. The van der Waals surface area contributed by atoms with Crippen LogP contribution in [0.5, 0.6) is 0 Å². The molecule has 3 heteroatoms. The molecule has 0 spiro atoms. The van der Waals surface area contributed by atoms with E-state index >= 15 is 0 Å². The first-order valence-corrected chi connectivity index (χ1v) is 21.9. The van der Waals surface area contributed by atoms with Gasteiger partial charge in [0.25, 0.3) is 0 Å². The van der Waals surface area contributed by atoms with Crippen molar-refractivity contribution >= 4 is 5.97 Å². The number of hydrogen-bond acceptors (Lipinski definition) is 3. The highest BCUT2D eigenvalue weighted by Gasteiger charge is 2.11. The van der Waals surface area contributed by atoms with Gasteiger partial charge in [-0.3, -0.25) is 4.79 Å². The number of esters is 1. The van der Waals surface area contributed by atoms with Crippen molar-refractivity contribution in [2.24, 2.45) is 11.8 Å². The molecule has 0 aliphatic heterocycles. The molecule has 0 fully saturated rings. The Balaban J connectivity index is 4.09. The molecule has 0 aliphatic rings. The monoisotopic (exact) mass is 698 g/mol. The zero-order valence-corrected chi connectivity index (χ0v) is 34.5. The van der Waals surface area contributed by atoms with Crippen LogP contribution in [0.25, 0.3) is 0 Å². The summed E-state index contributed by atoms with van der Waals surface area (Å²) in [5.41, 5.74) is 0. The summed E-state index contributed by atoms with van der Waals surface area (Å²) in [6.07, 6.45) is 54.7. The molecule has 0 rings (SSSR count). The maximum atomic E-state index is 12.3. The second-order valence-corrected chi connectivity index (χ2v) is 15.4. The summed E-state index contributed by atoms with van der Waals surface area (Å²) in [6, 6.07) is 0. The van der Waals surface area contributed by atoms with E-state index in [-0.39, 0.29) is 5.97 Å². The lowest BCUT2D eigenvalue weighted by molar-refractivity contribution is -0.143. The standard InChI is InChI=1S/C47H87NO2/c1-6-9-12-13-14-15-16-17-18-19-20-21-22-23-24-27-32-38-45(40-35-43-48(4)5)39-33-28-25-26-29-34-41-47(49)50-44-42-46(36-30-10-7-2)37-31-11-8-3/h14-15,17-18,26,28-29,33,45-46H,6-13,16,19-25,27,30-32,34-44H2,1-5H3/b15-14-,18-17-,29-26+,33-28+. The highest BCUT2D eigenvalue weighted by atomic mass is 16.5. The van der Waals surface area contributed by atoms with E-state index in [1.165, 1.54) is 161 Å². The van der Waals surface area contributed by atoms with Crippen LogP contribution in [0.3, 0.4) is 0 Å². The number of hydrogen-bond donors (Lipinski definition) is 0. The molecule has 0 aromatic carbocycles. The van der Waals surface area contributed by atoms with E-state index in [2.05, 4.69) is 88.4 Å². The predicted octanol–water partition coefficient (Wildman–Crippen LogP) is 14.9. The number of carbonyl (C=O) groups excluding carboxylic acids is 1. The predicted molar refractivity (Wildman–Crippen MR) is 224 cm³/mol. The Morgan fingerprint density at radius 1 is 0.500 bits per heavy atom. The van der Waals surface area contributed by atoms with Crippen LogP contribution in [0, 0.1) is 11.8 Å². The summed E-state index contributed by atoms with van der Waals surface area (Å²) in [5, 5.41) is 0. The topological polar surface area (TPSA) is 29.5 Å². The van der Waals surface area contributed by atoms with Gasteiger partial charge in [-0.2, -0.15) is 0 Å². The number of unbranched alkanes of at least 4 members (excludes halogenated alkanes) is 14. The number of rotatable bonds is 38. The Labute approximate surface area is 314 Å². The maximum Gasteiger partial charge on any atom is 0.306 e. The first-order valence-electron chi connectivity index (χ1n) is 21.9. The van der Waals surface area contributed by atoms with Gasteiger partial charge in [0.1, 0.15) is 0 Å². The van der Waals surface area contributed by atoms with Crippen molar-refractivity contribution in [3.05, 3.63) is 48.6 Å². The van der Waals surface area contributed by atoms with Gasteiger partial charge in [-0.25, -0.2) is 0 Å². The molecule has 0 bridgehead atoms. The van der Waals surface area contributed by atoms with Crippen molar-refractivity contribution in [2.75, 3.05) is 27.2 Å². The van der Waals surface area contributed by atoms with Crippen molar-refractivity contribution in [1.29, 1.82) is 0 Å². The van der Waals surface area contributed by atoms with Crippen LogP contribution in [0.15, 0.2) is 48.6 Å². The zero-order chi connectivity index (χ0) is 36.6. The van der Waals surface area contributed by atoms with Crippen molar-refractivity contribution < 1.29 is 9.53 Å². The number of carbonyl (C=O) groups is 1. The Bertz CT molecular complexity index is 800. The van der Waals surface area contributed by atoms with Crippen molar-refractivity contribution in [3.63, 3.8) is 0 Å². The van der Waals surface area contributed by atoms with E-state index in [1.807, 2.05) is 0 Å². The Hall–Kier alpha value is -1.61. The van der Waals surface area contributed by atoms with Gasteiger partial charge in [0.15, 0.2) is 0 Å². The fourth-order valence-electron chi connectivity index (χ4n) is 6.76. The molecular weight excluding hydrogens is 611 g/mol. The fraction of sp³-hybridized carbons (Fsp3) is 0.809. The third kappa shape index (κ3) is 37.6.